The van der Waals surface area contributed by atoms with Gasteiger partial charge in [0.2, 0.25) is 21.8 Å². The monoisotopic (exact) mass is 486 g/mol. The molecule has 1 amide bonds. The number of hydrogen-bond donors (Lipinski definition) is 1. The molecule has 1 saturated heterocycles. The van der Waals surface area contributed by atoms with E-state index in [1.807, 2.05) is 30.3 Å². The van der Waals surface area contributed by atoms with E-state index in [-0.39, 0.29) is 21.8 Å². The number of aryl methyl sites for hydroxylation is 1. The fourth-order valence-electron chi connectivity index (χ4n) is 3.67. The molecule has 8 nitrogen and oxygen atoms in total. The number of benzene rings is 2. The molecule has 10 heteroatoms. The van der Waals surface area contributed by atoms with Crippen LogP contribution in [-0.2, 0) is 14.8 Å². The van der Waals surface area contributed by atoms with E-state index >= 15 is 0 Å². The Morgan fingerprint density at radius 3 is 2.52 bits per heavy atom. The minimum Gasteiger partial charge on any atom is -0.411 e. The van der Waals surface area contributed by atoms with Gasteiger partial charge in [0.1, 0.15) is 0 Å². The first-order chi connectivity index (χ1) is 15.9. The number of thioether (sulfide) groups is 1. The van der Waals surface area contributed by atoms with Crippen molar-refractivity contribution in [1.82, 2.24) is 14.5 Å². The predicted octanol–water partition coefficient (Wildman–Crippen LogP) is 4.34. The highest BCUT2D eigenvalue weighted by Crippen LogP contribution is 2.27. The maximum Gasteiger partial charge on any atom is 0.277 e. The SMILES string of the molecule is Cc1ccc(NC(=O)CSc2nnc(-c3ccccc3)o2)cc1S(=O)(=O)N1CCCCCC1. The molecule has 0 radical (unpaired) electrons. The van der Waals surface area contributed by atoms with Crippen LogP contribution in [0.2, 0.25) is 0 Å². The average Bonchev–Trinajstić information content (AvgIpc) is 3.11. The van der Waals surface area contributed by atoms with Crippen molar-refractivity contribution >= 4 is 33.4 Å². The number of nitrogens with zero attached hydrogens (tertiary/aromatic N) is 3. The summed E-state index contributed by atoms with van der Waals surface area (Å²) >= 11 is 1.12. The Kier molecular flexibility index (Phi) is 7.46. The first-order valence-corrected chi connectivity index (χ1v) is 13.3. The Morgan fingerprint density at radius 1 is 1.06 bits per heavy atom. The number of hydrogen-bond acceptors (Lipinski definition) is 7. The topological polar surface area (TPSA) is 105 Å². The molecule has 4 rings (SSSR count). The summed E-state index contributed by atoms with van der Waals surface area (Å²) in [5.41, 5.74) is 1.90. The summed E-state index contributed by atoms with van der Waals surface area (Å²) in [4.78, 5) is 12.7. The Labute approximate surface area is 197 Å². The van der Waals surface area contributed by atoms with Crippen molar-refractivity contribution in [3.05, 3.63) is 54.1 Å². The lowest BCUT2D eigenvalue weighted by atomic mass is 10.2. The number of amides is 1. The van der Waals surface area contributed by atoms with E-state index in [1.54, 1.807) is 29.4 Å². The van der Waals surface area contributed by atoms with Gasteiger partial charge < -0.3 is 9.73 Å². The first kappa shape index (κ1) is 23.5. The minimum absolute atomic E-state index is 0.0541. The fraction of sp³-hybridized carbons (Fsp3) is 0.348. The molecule has 0 bridgehead atoms. The molecule has 1 aliphatic heterocycles. The van der Waals surface area contributed by atoms with Crippen molar-refractivity contribution in [2.24, 2.45) is 0 Å². The number of rotatable bonds is 7. The van der Waals surface area contributed by atoms with Crippen molar-refractivity contribution in [3.63, 3.8) is 0 Å². The standard InChI is InChI=1S/C23H26N4O4S2/c1-17-11-12-19(15-20(17)33(29,30)27-13-7-2-3-8-14-27)24-21(28)16-32-23-26-25-22(31-23)18-9-5-4-6-10-18/h4-6,9-12,15H,2-3,7-8,13-14,16H2,1H3,(H,24,28). The second kappa shape index (κ2) is 10.5. The quantitative estimate of drug-likeness (QED) is 0.495. The van der Waals surface area contributed by atoms with Crippen LogP contribution < -0.4 is 5.32 Å². The van der Waals surface area contributed by atoms with Gasteiger partial charge in [0, 0.05) is 24.3 Å². The van der Waals surface area contributed by atoms with Gasteiger partial charge in [0.05, 0.1) is 10.6 Å². The lowest BCUT2D eigenvalue weighted by Crippen LogP contribution is -2.32. The zero-order chi connectivity index (χ0) is 23.3. The van der Waals surface area contributed by atoms with Gasteiger partial charge in [-0.25, -0.2) is 8.42 Å². The van der Waals surface area contributed by atoms with Gasteiger partial charge in [0.25, 0.3) is 5.22 Å². The highest BCUT2D eigenvalue weighted by Gasteiger charge is 2.27. The van der Waals surface area contributed by atoms with Crippen LogP contribution in [0.1, 0.15) is 31.2 Å². The van der Waals surface area contributed by atoms with Crippen LogP contribution in [0.15, 0.2) is 63.1 Å². The highest BCUT2D eigenvalue weighted by molar-refractivity contribution is 7.99. The van der Waals surface area contributed by atoms with Crippen LogP contribution in [0.25, 0.3) is 11.5 Å². The molecule has 174 valence electrons. The summed E-state index contributed by atoms with van der Waals surface area (Å²) in [5.74, 6) is 0.153. The summed E-state index contributed by atoms with van der Waals surface area (Å²) < 4.78 is 33.6. The Balaban J connectivity index is 1.40. The zero-order valence-corrected chi connectivity index (χ0v) is 20.0. The van der Waals surface area contributed by atoms with Crippen LogP contribution in [0, 0.1) is 6.92 Å². The third-order valence-electron chi connectivity index (χ3n) is 5.41. The number of nitrogens with one attached hydrogen (secondary N) is 1. The summed E-state index contributed by atoms with van der Waals surface area (Å²) in [7, 11) is -3.61. The summed E-state index contributed by atoms with van der Waals surface area (Å²) in [6, 6.07) is 14.4. The Bertz CT molecular complexity index is 1200. The number of carbonyl (C=O) groups is 1. The van der Waals surface area contributed by atoms with Gasteiger partial charge >= 0.3 is 0 Å². The number of carbonyl (C=O) groups excluding carboxylic acids is 1. The molecule has 2 heterocycles. The maximum absolute atomic E-state index is 13.2. The van der Waals surface area contributed by atoms with Gasteiger partial charge in [-0.15, -0.1) is 10.2 Å². The van der Waals surface area contributed by atoms with Crippen molar-refractivity contribution in [2.45, 2.75) is 42.7 Å². The molecular formula is C23H26N4O4S2. The molecule has 1 fully saturated rings. The molecule has 2 aromatic carbocycles. The number of aromatic nitrogens is 2. The highest BCUT2D eigenvalue weighted by atomic mass is 32.2. The van der Waals surface area contributed by atoms with Gasteiger partial charge in [-0.3, -0.25) is 4.79 Å². The van der Waals surface area contributed by atoms with Crippen molar-refractivity contribution in [3.8, 4) is 11.5 Å². The molecule has 0 spiro atoms. The third kappa shape index (κ3) is 5.82. The molecule has 1 N–H and O–H groups in total. The van der Waals surface area contributed by atoms with Crippen LogP contribution in [0.3, 0.4) is 0 Å². The zero-order valence-electron chi connectivity index (χ0n) is 18.4. The van der Waals surface area contributed by atoms with Gasteiger partial charge in [-0.05, 0) is 49.6 Å². The lowest BCUT2D eigenvalue weighted by molar-refractivity contribution is -0.113. The van der Waals surface area contributed by atoms with Crippen LogP contribution in [0.5, 0.6) is 0 Å². The van der Waals surface area contributed by atoms with Crippen LogP contribution >= 0.6 is 11.8 Å². The summed E-state index contributed by atoms with van der Waals surface area (Å²) in [6.07, 6.45) is 3.83. The van der Waals surface area contributed by atoms with E-state index in [1.165, 1.54) is 0 Å². The van der Waals surface area contributed by atoms with E-state index in [4.69, 9.17) is 4.42 Å². The van der Waals surface area contributed by atoms with E-state index in [0.29, 0.717) is 30.2 Å². The molecular weight excluding hydrogens is 460 g/mol. The second-order valence-corrected chi connectivity index (χ2v) is 10.7. The van der Waals surface area contributed by atoms with Crippen molar-refractivity contribution < 1.29 is 17.6 Å². The van der Waals surface area contributed by atoms with Crippen LogP contribution in [-0.4, -0.2) is 47.7 Å². The largest absolute Gasteiger partial charge is 0.411 e. The summed E-state index contributed by atoms with van der Waals surface area (Å²) in [5, 5.41) is 11.0. The molecule has 1 aromatic heterocycles. The maximum atomic E-state index is 13.2. The van der Waals surface area contributed by atoms with Gasteiger partial charge in [0.15, 0.2) is 0 Å². The van der Waals surface area contributed by atoms with Gasteiger partial charge in [-0.1, -0.05) is 48.9 Å². The van der Waals surface area contributed by atoms with Gasteiger partial charge in [-0.2, -0.15) is 4.31 Å². The molecule has 0 saturated carbocycles. The van der Waals surface area contributed by atoms with E-state index in [2.05, 4.69) is 15.5 Å². The molecule has 0 atom stereocenters. The Hall–Kier alpha value is -2.69. The average molecular weight is 487 g/mol. The van der Waals surface area contributed by atoms with E-state index in [9.17, 15) is 13.2 Å². The summed E-state index contributed by atoms with van der Waals surface area (Å²) in [6.45, 7) is 2.83. The minimum atomic E-state index is -3.61. The number of sulfonamides is 1. The molecule has 3 aromatic rings. The smallest absolute Gasteiger partial charge is 0.277 e. The molecule has 33 heavy (non-hydrogen) atoms. The molecule has 1 aliphatic rings. The third-order valence-corrected chi connectivity index (χ3v) is 8.27. The first-order valence-electron chi connectivity index (χ1n) is 10.9. The normalized spacial score (nSPS) is 15.2. The second-order valence-electron chi connectivity index (χ2n) is 7.87. The molecule has 0 aliphatic carbocycles. The van der Waals surface area contributed by atoms with Crippen LogP contribution in [0.4, 0.5) is 5.69 Å². The number of anilines is 1. The molecule has 0 unspecified atom stereocenters. The predicted molar refractivity (Wildman–Crippen MR) is 127 cm³/mol. The van der Waals surface area contributed by atoms with Crippen molar-refractivity contribution in [2.75, 3.05) is 24.2 Å². The van der Waals surface area contributed by atoms with E-state index in [0.717, 1.165) is 43.0 Å². The Morgan fingerprint density at radius 2 is 1.79 bits per heavy atom. The van der Waals surface area contributed by atoms with Crippen molar-refractivity contribution in [1.29, 1.82) is 0 Å². The fourth-order valence-corrected chi connectivity index (χ4v) is 6.00. The van der Waals surface area contributed by atoms with E-state index < -0.39 is 10.0 Å². The lowest BCUT2D eigenvalue weighted by Gasteiger charge is -2.21.